The van der Waals surface area contributed by atoms with Gasteiger partial charge >= 0.3 is 0 Å². The molecule has 2 atom stereocenters. The third-order valence-corrected chi connectivity index (χ3v) is 5.36. The van der Waals surface area contributed by atoms with E-state index >= 15 is 0 Å². The molecule has 2 heterocycles. The second-order valence-electron chi connectivity index (χ2n) is 6.68. The smallest absolute Gasteiger partial charge is 0.224 e. The number of hydrogen-bond donors (Lipinski definition) is 2. The minimum atomic E-state index is 0.180. The fourth-order valence-electron chi connectivity index (χ4n) is 3.93. The van der Waals surface area contributed by atoms with Crippen LogP contribution >= 0.6 is 0 Å². The molecule has 0 radical (unpaired) electrons. The van der Waals surface area contributed by atoms with E-state index < -0.39 is 0 Å². The van der Waals surface area contributed by atoms with E-state index in [1.807, 2.05) is 0 Å². The molecular weight excluding hydrogens is 262 g/mol. The van der Waals surface area contributed by atoms with Crippen molar-refractivity contribution in [3.8, 4) is 0 Å². The predicted octanol–water partition coefficient (Wildman–Crippen LogP) is 2.00. The second-order valence-corrected chi connectivity index (χ2v) is 6.68. The summed E-state index contributed by atoms with van der Waals surface area (Å²) >= 11 is 0. The molecule has 4 heteroatoms. The topological polar surface area (TPSA) is 44.4 Å². The highest BCUT2D eigenvalue weighted by molar-refractivity contribution is 5.79. The third kappa shape index (κ3) is 4.68. The van der Waals surface area contributed by atoms with E-state index in [-0.39, 0.29) is 11.8 Å². The van der Waals surface area contributed by atoms with Gasteiger partial charge in [0, 0.05) is 19.1 Å². The summed E-state index contributed by atoms with van der Waals surface area (Å²) in [6.45, 7) is 9.74. The average Bonchev–Trinajstić information content (AvgIpc) is 3.06. The van der Waals surface area contributed by atoms with Crippen LogP contribution in [0, 0.1) is 11.8 Å². The summed E-state index contributed by atoms with van der Waals surface area (Å²) in [7, 11) is 0. The molecule has 122 valence electrons. The van der Waals surface area contributed by atoms with Gasteiger partial charge in [0.15, 0.2) is 0 Å². The van der Waals surface area contributed by atoms with Gasteiger partial charge in [-0.3, -0.25) is 9.69 Å². The van der Waals surface area contributed by atoms with Crippen molar-refractivity contribution in [1.82, 2.24) is 15.5 Å². The molecule has 21 heavy (non-hydrogen) atoms. The van der Waals surface area contributed by atoms with Gasteiger partial charge in [-0.15, -0.1) is 0 Å². The Hall–Kier alpha value is -0.610. The van der Waals surface area contributed by atoms with Crippen molar-refractivity contribution in [1.29, 1.82) is 0 Å². The number of nitrogens with one attached hydrogen (secondary N) is 2. The van der Waals surface area contributed by atoms with Crippen molar-refractivity contribution >= 4 is 5.91 Å². The van der Waals surface area contributed by atoms with Gasteiger partial charge < -0.3 is 10.6 Å². The lowest BCUT2D eigenvalue weighted by Gasteiger charge is -2.34. The molecule has 0 aromatic carbocycles. The molecule has 0 bridgehead atoms. The van der Waals surface area contributed by atoms with Crippen LogP contribution in [0.2, 0.25) is 0 Å². The van der Waals surface area contributed by atoms with Crippen molar-refractivity contribution in [3.05, 3.63) is 0 Å². The minimum Gasteiger partial charge on any atom is -0.354 e. The van der Waals surface area contributed by atoms with Gasteiger partial charge in [0.25, 0.3) is 0 Å². The van der Waals surface area contributed by atoms with Gasteiger partial charge in [0.1, 0.15) is 0 Å². The molecule has 0 aromatic rings. The Morgan fingerprint density at radius 3 is 2.52 bits per heavy atom. The molecule has 0 aliphatic carbocycles. The molecule has 0 spiro atoms. The number of piperidine rings is 1. The van der Waals surface area contributed by atoms with Crippen LogP contribution in [0.4, 0.5) is 0 Å². The zero-order chi connectivity index (χ0) is 15.1. The van der Waals surface area contributed by atoms with Gasteiger partial charge in [-0.2, -0.15) is 0 Å². The highest BCUT2D eigenvalue weighted by Crippen LogP contribution is 2.22. The Morgan fingerprint density at radius 1 is 1.24 bits per heavy atom. The number of amides is 1. The van der Waals surface area contributed by atoms with E-state index in [4.69, 9.17) is 0 Å². The molecule has 2 unspecified atom stereocenters. The number of hydrogen-bond acceptors (Lipinski definition) is 3. The number of carbonyl (C=O) groups excluding carboxylic acids is 1. The monoisotopic (exact) mass is 295 g/mol. The number of likely N-dealkylation sites (tertiary alicyclic amines) is 1. The maximum atomic E-state index is 12.3. The lowest BCUT2D eigenvalue weighted by molar-refractivity contribution is -0.125. The Balaban J connectivity index is 1.86. The summed E-state index contributed by atoms with van der Waals surface area (Å²) < 4.78 is 0. The molecule has 2 saturated heterocycles. The lowest BCUT2D eigenvalue weighted by Crippen LogP contribution is -2.49. The van der Waals surface area contributed by atoms with E-state index in [0.29, 0.717) is 12.0 Å². The highest BCUT2D eigenvalue weighted by atomic mass is 16.1. The number of rotatable bonds is 7. The van der Waals surface area contributed by atoms with Crippen molar-refractivity contribution < 1.29 is 4.79 Å². The van der Waals surface area contributed by atoms with Crippen LogP contribution in [-0.4, -0.2) is 49.6 Å². The summed E-state index contributed by atoms with van der Waals surface area (Å²) in [6.07, 6.45) is 7.21. The predicted molar refractivity (Wildman–Crippen MR) is 87.3 cm³/mol. The van der Waals surface area contributed by atoms with Gasteiger partial charge in [0.05, 0.1) is 5.92 Å². The fraction of sp³-hybridized carbons (Fsp3) is 0.941. The zero-order valence-corrected chi connectivity index (χ0v) is 13.9. The highest BCUT2D eigenvalue weighted by Gasteiger charge is 2.29. The first kappa shape index (κ1) is 16.8. The first-order chi connectivity index (χ1) is 10.3. The molecule has 2 fully saturated rings. The van der Waals surface area contributed by atoms with E-state index in [1.165, 1.54) is 38.8 Å². The van der Waals surface area contributed by atoms with E-state index in [1.54, 1.807) is 0 Å². The van der Waals surface area contributed by atoms with Gasteiger partial charge in [-0.25, -0.2) is 0 Å². The molecule has 1 amide bonds. The zero-order valence-electron chi connectivity index (χ0n) is 13.9. The summed E-state index contributed by atoms with van der Waals surface area (Å²) in [5, 5.41) is 6.59. The molecule has 2 N–H and O–H groups in total. The Labute approximate surface area is 130 Å². The number of nitrogens with zero attached hydrogens (tertiary/aromatic N) is 1. The van der Waals surface area contributed by atoms with Crippen molar-refractivity contribution in [3.63, 3.8) is 0 Å². The summed E-state index contributed by atoms with van der Waals surface area (Å²) in [5.74, 6) is 1.14. The third-order valence-electron chi connectivity index (χ3n) is 5.36. The quantitative estimate of drug-likeness (QED) is 0.755. The maximum absolute atomic E-state index is 12.3. The summed E-state index contributed by atoms with van der Waals surface area (Å²) in [6, 6.07) is 0.531. The van der Waals surface area contributed by atoms with Crippen molar-refractivity contribution in [2.45, 2.75) is 58.4 Å². The van der Waals surface area contributed by atoms with Gasteiger partial charge in [-0.1, -0.05) is 26.7 Å². The van der Waals surface area contributed by atoms with Crippen LogP contribution in [0.1, 0.15) is 52.4 Å². The van der Waals surface area contributed by atoms with Crippen LogP contribution < -0.4 is 10.6 Å². The first-order valence-electron chi connectivity index (χ1n) is 8.98. The molecule has 2 aliphatic rings. The summed E-state index contributed by atoms with van der Waals surface area (Å²) in [5.41, 5.74) is 0. The van der Waals surface area contributed by atoms with Crippen LogP contribution in [0.15, 0.2) is 0 Å². The SMILES string of the molecule is CCC(CC)C(CNC(=O)C1CCCNC1)N1CCCC1. The first-order valence-corrected chi connectivity index (χ1v) is 8.98. The molecule has 0 saturated carbocycles. The van der Waals surface area contributed by atoms with Gasteiger partial charge in [-0.05, 0) is 51.2 Å². The normalized spacial score (nSPS) is 25.2. The average molecular weight is 295 g/mol. The van der Waals surface area contributed by atoms with E-state index in [0.717, 1.165) is 32.5 Å². The van der Waals surface area contributed by atoms with Crippen molar-refractivity contribution in [2.75, 3.05) is 32.7 Å². The Kier molecular flexibility index (Phi) is 6.97. The Morgan fingerprint density at radius 2 is 1.95 bits per heavy atom. The number of carbonyl (C=O) groups is 1. The largest absolute Gasteiger partial charge is 0.354 e. The van der Waals surface area contributed by atoms with Crippen LogP contribution in [0.5, 0.6) is 0 Å². The molecule has 2 rings (SSSR count). The van der Waals surface area contributed by atoms with Crippen LogP contribution in [-0.2, 0) is 4.79 Å². The minimum absolute atomic E-state index is 0.180. The second kappa shape index (κ2) is 8.74. The van der Waals surface area contributed by atoms with E-state index in [9.17, 15) is 4.79 Å². The Bertz CT molecular complexity index is 303. The molecule has 2 aliphatic heterocycles. The van der Waals surface area contributed by atoms with Crippen molar-refractivity contribution in [2.24, 2.45) is 11.8 Å². The van der Waals surface area contributed by atoms with Crippen LogP contribution in [0.25, 0.3) is 0 Å². The fourth-order valence-corrected chi connectivity index (χ4v) is 3.93. The molecule has 0 aromatic heterocycles. The lowest BCUT2D eigenvalue weighted by atomic mass is 9.92. The standard InChI is InChI=1S/C17H33N3O/c1-3-14(4-2)16(20-10-5-6-11-20)13-19-17(21)15-8-7-9-18-12-15/h14-16,18H,3-13H2,1-2H3,(H,19,21). The molecular formula is C17H33N3O. The van der Waals surface area contributed by atoms with Crippen LogP contribution in [0.3, 0.4) is 0 Å². The maximum Gasteiger partial charge on any atom is 0.224 e. The van der Waals surface area contributed by atoms with E-state index in [2.05, 4.69) is 29.4 Å². The molecule has 4 nitrogen and oxygen atoms in total. The summed E-state index contributed by atoms with van der Waals surface area (Å²) in [4.78, 5) is 15.0. The van der Waals surface area contributed by atoms with Gasteiger partial charge in [0.2, 0.25) is 5.91 Å².